The minimum absolute atomic E-state index is 0.103. The Hall–Kier alpha value is -0.120. The van der Waals surface area contributed by atoms with E-state index >= 15 is 0 Å². The van der Waals surface area contributed by atoms with Crippen molar-refractivity contribution in [1.29, 1.82) is 0 Å². The molecule has 0 spiro atoms. The molecule has 1 saturated carbocycles. The maximum atomic E-state index is 9.25. The lowest BCUT2D eigenvalue weighted by molar-refractivity contribution is 0.0493. The van der Waals surface area contributed by atoms with E-state index in [9.17, 15) is 5.11 Å². The van der Waals surface area contributed by atoms with Crippen LogP contribution in [0.15, 0.2) is 0 Å². The van der Waals surface area contributed by atoms with Gasteiger partial charge in [0.1, 0.15) is 0 Å². The van der Waals surface area contributed by atoms with Gasteiger partial charge in [0.2, 0.25) is 0 Å². The van der Waals surface area contributed by atoms with Crippen LogP contribution in [0.5, 0.6) is 0 Å². The van der Waals surface area contributed by atoms with Crippen LogP contribution in [0, 0.1) is 5.92 Å². The number of aliphatic hydroxyl groups excluding tert-OH is 2. The Bertz CT molecular complexity index is 163. The Labute approximate surface area is 73.0 Å². The van der Waals surface area contributed by atoms with E-state index in [1.54, 1.807) is 0 Å². The number of hydrogen-bond donors (Lipinski definition) is 2. The average molecular weight is 171 g/mol. The topological polar surface area (TPSA) is 43.7 Å². The third kappa shape index (κ3) is 1.49. The molecule has 0 radical (unpaired) electrons. The molecule has 0 aromatic carbocycles. The molecule has 1 saturated heterocycles. The molecule has 70 valence electrons. The van der Waals surface area contributed by atoms with Gasteiger partial charge in [0.05, 0.1) is 12.7 Å². The third-order valence-corrected chi connectivity index (χ3v) is 3.18. The Morgan fingerprint density at radius 1 is 1.42 bits per heavy atom. The number of hydrogen-bond acceptors (Lipinski definition) is 3. The molecule has 3 heteroatoms. The van der Waals surface area contributed by atoms with Crippen LogP contribution < -0.4 is 0 Å². The van der Waals surface area contributed by atoms with Gasteiger partial charge in [-0.3, -0.25) is 4.90 Å². The number of nitrogens with zero attached hydrogens (tertiary/aromatic N) is 1. The fourth-order valence-electron chi connectivity index (χ4n) is 2.58. The second-order valence-electron chi connectivity index (χ2n) is 4.12. The van der Waals surface area contributed by atoms with Gasteiger partial charge in [0.25, 0.3) is 0 Å². The van der Waals surface area contributed by atoms with Gasteiger partial charge >= 0.3 is 0 Å². The zero-order valence-electron chi connectivity index (χ0n) is 7.32. The number of aliphatic hydroxyl groups is 2. The van der Waals surface area contributed by atoms with Crippen molar-refractivity contribution in [3.63, 3.8) is 0 Å². The zero-order valence-corrected chi connectivity index (χ0v) is 7.32. The average Bonchev–Trinajstić information content (AvgIpc) is 2.64. The zero-order chi connectivity index (χ0) is 8.55. The van der Waals surface area contributed by atoms with Crippen molar-refractivity contribution in [2.75, 3.05) is 19.7 Å². The van der Waals surface area contributed by atoms with Crippen LogP contribution >= 0.6 is 0 Å². The van der Waals surface area contributed by atoms with Gasteiger partial charge < -0.3 is 10.2 Å². The van der Waals surface area contributed by atoms with Crippen LogP contribution in [0.1, 0.15) is 19.3 Å². The molecule has 2 aliphatic rings. The molecule has 3 nitrogen and oxygen atoms in total. The molecule has 2 N–H and O–H groups in total. The van der Waals surface area contributed by atoms with Crippen LogP contribution in [-0.2, 0) is 0 Å². The second kappa shape index (κ2) is 3.32. The molecule has 1 heterocycles. The highest BCUT2D eigenvalue weighted by Gasteiger charge is 2.37. The summed E-state index contributed by atoms with van der Waals surface area (Å²) in [5.74, 6) is 0.876. The first kappa shape index (κ1) is 8.48. The van der Waals surface area contributed by atoms with E-state index in [-0.39, 0.29) is 6.61 Å². The summed E-state index contributed by atoms with van der Waals surface area (Å²) in [5.41, 5.74) is 0. The summed E-state index contributed by atoms with van der Waals surface area (Å²) in [6.45, 7) is 1.70. The lowest BCUT2D eigenvalue weighted by Crippen LogP contribution is -2.39. The van der Waals surface area contributed by atoms with Gasteiger partial charge in [-0.2, -0.15) is 0 Å². The Balaban J connectivity index is 1.82. The normalized spacial score (nSPS) is 37.5. The molecule has 12 heavy (non-hydrogen) atoms. The van der Waals surface area contributed by atoms with E-state index in [2.05, 4.69) is 4.90 Å². The quantitative estimate of drug-likeness (QED) is 0.619. The summed E-state index contributed by atoms with van der Waals surface area (Å²) in [6.07, 6.45) is 3.45. The van der Waals surface area contributed by atoms with Crippen LogP contribution in [0.3, 0.4) is 0 Å². The first-order valence-corrected chi connectivity index (χ1v) is 4.82. The molecule has 1 aliphatic heterocycles. The van der Waals surface area contributed by atoms with Crippen LogP contribution in [0.2, 0.25) is 0 Å². The first-order chi connectivity index (χ1) is 5.79. The van der Waals surface area contributed by atoms with E-state index in [0.717, 1.165) is 12.5 Å². The summed E-state index contributed by atoms with van der Waals surface area (Å²) >= 11 is 0. The maximum Gasteiger partial charge on any atom is 0.0897 e. The number of rotatable bonds is 3. The monoisotopic (exact) mass is 171 g/mol. The Morgan fingerprint density at radius 2 is 2.25 bits per heavy atom. The lowest BCUT2D eigenvalue weighted by Gasteiger charge is -2.28. The molecule has 0 aromatic rings. The van der Waals surface area contributed by atoms with Gasteiger partial charge in [-0.1, -0.05) is 0 Å². The fraction of sp³-hybridized carbons (Fsp3) is 1.00. The maximum absolute atomic E-state index is 9.25. The summed E-state index contributed by atoms with van der Waals surface area (Å²) < 4.78 is 0. The summed E-state index contributed by atoms with van der Waals surface area (Å²) in [4.78, 5) is 2.33. The highest BCUT2D eigenvalue weighted by molar-refractivity contribution is 4.92. The summed E-state index contributed by atoms with van der Waals surface area (Å²) in [7, 11) is 0. The fourth-order valence-corrected chi connectivity index (χ4v) is 2.58. The van der Waals surface area contributed by atoms with Crippen molar-refractivity contribution >= 4 is 0 Å². The Kier molecular flexibility index (Phi) is 2.35. The van der Waals surface area contributed by atoms with Crippen molar-refractivity contribution in [3.05, 3.63) is 0 Å². The highest BCUT2D eigenvalue weighted by Crippen LogP contribution is 2.37. The molecule has 0 aromatic heterocycles. The minimum Gasteiger partial charge on any atom is -0.394 e. The first-order valence-electron chi connectivity index (χ1n) is 4.82. The highest BCUT2D eigenvalue weighted by atomic mass is 16.3. The van der Waals surface area contributed by atoms with E-state index in [0.29, 0.717) is 12.6 Å². The number of fused-ring (bicyclic) bond motifs is 2. The predicted octanol–water partition coefficient (Wildman–Crippen LogP) is -0.176. The van der Waals surface area contributed by atoms with Crippen LogP contribution in [-0.4, -0.2) is 47.0 Å². The van der Waals surface area contributed by atoms with E-state index in [4.69, 9.17) is 5.11 Å². The molecular formula is C9H17NO2. The van der Waals surface area contributed by atoms with Crippen LogP contribution in [0.4, 0.5) is 0 Å². The second-order valence-corrected chi connectivity index (χ2v) is 4.12. The van der Waals surface area contributed by atoms with E-state index in [1.165, 1.54) is 19.3 Å². The van der Waals surface area contributed by atoms with Gasteiger partial charge in [-0.15, -0.1) is 0 Å². The molecular weight excluding hydrogens is 154 g/mol. The van der Waals surface area contributed by atoms with Gasteiger partial charge in [-0.05, 0) is 25.2 Å². The molecule has 2 bridgehead atoms. The van der Waals surface area contributed by atoms with Gasteiger partial charge in [0, 0.05) is 19.1 Å². The molecule has 2 fully saturated rings. The van der Waals surface area contributed by atoms with Crippen molar-refractivity contribution in [2.24, 2.45) is 5.92 Å². The largest absolute Gasteiger partial charge is 0.394 e. The van der Waals surface area contributed by atoms with Crippen molar-refractivity contribution < 1.29 is 10.2 Å². The SMILES string of the molecule is OCC(O)CN1CC2CCC1C2. The van der Waals surface area contributed by atoms with Crippen LogP contribution in [0.25, 0.3) is 0 Å². The van der Waals surface area contributed by atoms with E-state index < -0.39 is 6.10 Å². The van der Waals surface area contributed by atoms with Crippen molar-refractivity contribution in [2.45, 2.75) is 31.4 Å². The lowest BCUT2D eigenvalue weighted by atomic mass is 10.1. The molecule has 3 unspecified atom stereocenters. The third-order valence-electron chi connectivity index (χ3n) is 3.18. The standard InChI is InChI=1S/C9H17NO2/c11-6-9(12)5-10-4-7-1-2-8(10)3-7/h7-9,11-12H,1-6H2. The molecule has 1 aliphatic carbocycles. The molecule has 2 rings (SSSR count). The van der Waals surface area contributed by atoms with Crippen molar-refractivity contribution in [3.8, 4) is 0 Å². The smallest absolute Gasteiger partial charge is 0.0897 e. The van der Waals surface area contributed by atoms with E-state index in [1.807, 2.05) is 0 Å². The van der Waals surface area contributed by atoms with Crippen molar-refractivity contribution in [1.82, 2.24) is 4.90 Å². The molecule has 3 atom stereocenters. The predicted molar refractivity (Wildman–Crippen MR) is 45.8 cm³/mol. The Morgan fingerprint density at radius 3 is 2.75 bits per heavy atom. The van der Waals surface area contributed by atoms with Gasteiger partial charge in [-0.25, -0.2) is 0 Å². The minimum atomic E-state index is -0.538. The number of likely N-dealkylation sites (tertiary alicyclic amines) is 1. The van der Waals surface area contributed by atoms with Gasteiger partial charge in [0.15, 0.2) is 0 Å². The number of β-amino-alcohol motifs (C(OH)–C–C–N with tert-alkyl or cyclic N) is 1. The molecule has 0 amide bonds. The summed E-state index contributed by atoms with van der Waals surface area (Å²) in [6, 6.07) is 0.705. The summed E-state index contributed by atoms with van der Waals surface area (Å²) in [5, 5.41) is 17.9. The number of piperidine rings is 1.